The minimum atomic E-state index is -0.355. The smallest absolute Gasteiger partial charge is 0.234 e. The molecule has 1 unspecified atom stereocenters. The Labute approximate surface area is 118 Å². The van der Waals surface area contributed by atoms with Crippen molar-refractivity contribution in [2.24, 2.45) is 5.73 Å². The van der Waals surface area contributed by atoms with Crippen molar-refractivity contribution in [2.45, 2.75) is 25.8 Å². The van der Waals surface area contributed by atoms with Crippen LogP contribution in [0.2, 0.25) is 0 Å². The molecule has 0 radical (unpaired) electrons. The maximum absolute atomic E-state index is 12.4. The van der Waals surface area contributed by atoms with Crippen LogP contribution >= 0.6 is 0 Å². The topological polar surface area (TPSA) is 72.9 Å². The minimum absolute atomic E-state index is 0.110. The van der Waals surface area contributed by atoms with Crippen LogP contribution in [0.3, 0.4) is 0 Å². The highest BCUT2D eigenvalue weighted by Gasteiger charge is 2.20. The number of hydrogen-bond donors (Lipinski definition) is 2. The lowest BCUT2D eigenvalue weighted by atomic mass is 9.98. The quantitative estimate of drug-likeness (QED) is 0.876. The summed E-state index contributed by atoms with van der Waals surface area (Å²) in [5.41, 5.74) is 6.67. The van der Waals surface area contributed by atoms with E-state index < -0.39 is 0 Å². The summed E-state index contributed by atoms with van der Waals surface area (Å²) >= 11 is 0. The van der Waals surface area contributed by atoms with Gasteiger partial charge in [0.2, 0.25) is 5.91 Å². The minimum Gasteiger partial charge on any atom is -0.329 e. The highest BCUT2D eigenvalue weighted by atomic mass is 16.2. The first-order valence-corrected chi connectivity index (χ1v) is 6.73. The molecule has 1 heterocycles. The molecule has 0 bridgehead atoms. The highest BCUT2D eigenvalue weighted by Crippen LogP contribution is 2.19. The third-order valence-electron chi connectivity index (χ3n) is 3.16. The number of carbonyl (C=O) groups excluding carboxylic acids is 1. The largest absolute Gasteiger partial charge is 0.329 e. The highest BCUT2D eigenvalue weighted by molar-refractivity contribution is 5.95. The molecule has 1 amide bonds. The summed E-state index contributed by atoms with van der Waals surface area (Å²) in [5.74, 6) is 0.229. The molecule has 1 aromatic carbocycles. The van der Waals surface area contributed by atoms with Crippen molar-refractivity contribution >= 4 is 11.7 Å². The molecule has 2 aromatic rings. The monoisotopic (exact) mass is 272 g/mol. The molecule has 20 heavy (non-hydrogen) atoms. The number of nitrogens with two attached hydrogens (primary N) is 1. The van der Waals surface area contributed by atoms with Gasteiger partial charge in [0.25, 0.3) is 0 Å². The molecular weight excluding hydrogens is 252 g/mol. The van der Waals surface area contributed by atoms with Gasteiger partial charge in [-0.1, -0.05) is 30.3 Å². The zero-order valence-electron chi connectivity index (χ0n) is 11.8. The van der Waals surface area contributed by atoms with E-state index in [1.807, 2.05) is 44.2 Å². The van der Waals surface area contributed by atoms with E-state index in [1.165, 1.54) is 0 Å². The van der Waals surface area contributed by atoms with Crippen molar-refractivity contribution in [3.05, 3.63) is 48.2 Å². The second-order valence-corrected chi connectivity index (χ2v) is 4.94. The van der Waals surface area contributed by atoms with Crippen LogP contribution in [-0.2, 0) is 4.79 Å². The third kappa shape index (κ3) is 3.05. The van der Waals surface area contributed by atoms with Gasteiger partial charge in [-0.25, -0.2) is 4.68 Å². The molecule has 0 saturated heterocycles. The van der Waals surface area contributed by atoms with Crippen molar-refractivity contribution < 1.29 is 4.79 Å². The van der Waals surface area contributed by atoms with E-state index in [0.29, 0.717) is 5.82 Å². The Morgan fingerprint density at radius 2 is 2.00 bits per heavy atom. The number of nitrogens with one attached hydrogen (secondary N) is 1. The van der Waals surface area contributed by atoms with Crippen LogP contribution in [0.15, 0.2) is 42.6 Å². The van der Waals surface area contributed by atoms with Crippen LogP contribution in [-0.4, -0.2) is 22.2 Å². The van der Waals surface area contributed by atoms with Gasteiger partial charge in [0.1, 0.15) is 5.82 Å². The second kappa shape index (κ2) is 6.34. The number of nitrogens with zero attached hydrogens (tertiary/aromatic N) is 2. The van der Waals surface area contributed by atoms with Gasteiger partial charge in [-0.2, -0.15) is 5.10 Å². The average Bonchev–Trinajstić information content (AvgIpc) is 2.89. The van der Waals surface area contributed by atoms with Crippen molar-refractivity contribution in [2.75, 3.05) is 11.9 Å². The Balaban J connectivity index is 2.16. The molecule has 2 rings (SSSR count). The number of anilines is 1. The zero-order valence-corrected chi connectivity index (χ0v) is 11.8. The molecule has 0 aliphatic rings. The third-order valence-corrected chi connectivity index (χ3v) is 3.16. The summed E-state index contributed by atoms with van der Waals surface area (Å²) < 4.78 is 1.77. The molecule has 106 valence electrons. The first-order chi connectivity index (χ1) is 9.63. The lowest BCUT2D eigenvalue weighted by Gasteiger charge is -2.17. The number of amides is 1. The van der Waals surface area contributed by atoms with Gasteiger partial charge in [0.15, 0.2) is 0 Å². The normalized spacial score (nSPS) is 12.4. The van der Waals surface area contributed by atoms with Gasteiger partial charge < -0.3 is 11.1 Å². The lowest BCUT2D eigenvalue weighted by Crippen LogP contribution is -2.28. The Morgan fingerprint density at radius 3 is 2.60 bits per heavy atom. The predicted octanol–water partition coefficient (Wildman–Crippen LogP) is 2.15. The van der Waals surface area contributed by atoms with Crippen LogP contribution in [0.1, 0.15) is 31.4 Å². The molecule has 1 aromatic heterocycles. The van der Waals surface area contributed by atoms with E-state index in [4.69, 9.17) is 5.73 Å². The first kappa shape index (κ1) is 14.3. The van der Waals surface area contributed by atoms with Gasteiger partial charge in [0.05, 0.1) is 12.1 Å². The van der Waals surface area contributed by atoms with Gasteiger partial charge in [-0.3, -0.25) is 4.79 Å². The summed E-state index contributed by atoms with van der Waals surface area (Å²) in [6.45, 7) is 4.30. The molecule has 0 fully saturated rings. The number of hydrogen-bond acceptors (Lipinski definition) is 3. The Kier molecular flexibility index (Phi) is 4.53. The molecule has 0 spiro atoms. The van der Waals surface area contributed by atoms with E-state index in [2.05, 4.69) is 10.4 Å². The molecule has 3 N–H and O–H groups in total. The lowest BCUT2D eigenvalue weighted by molar-refractivity contribution is -0.117. The average molecular weight is 272 g/mol. The van der Waals surface area contributed by atoms with Gasteiger partial charge in [-0.15, -0.1) is 0 Å². The summed E-state index contributed by atoms with van der Waals surface area (Å²) in [7, 11) is 0. The zero-order chi connectivity index (χ0) is 14.5. The fourth-order valence-corrected chi connectivity index (χ4v) is 2.12. The van der Waals surface area contributed by atoms with Crippen LogP contribution in [0, 0.1) is 0 Å². The maximum atomic E-state index is 12.4. The summed E-state index contributed by atoms with van der Waals surface area (Å²) in [6, 6.07) is 11.5. The molecule has 0 saturated carbocycles. The molecule has 5 nitrogen and oxygen atoms in total. The van der Waals surface area contributed by atoms with E-state index in [0.717, 1.165) is 5.56 Å². The number of rotatable bonds is 5. The van der Waals surface area contributed by atoms with Crippen molar-refractivity contribution in [1.29, 1.82) is 0 Å². The molecule has 0 aliphatic carbocycles. The van der Waals surface area contributed by atoms with E-state index in [1.54, 1.807) is 16.9 Å². The number of benzene rings is 1. The molecule has 1 atom stereocenters. The standard InChI is InChI=1S/C15H20N4O/c1-11(2)19-14(8-9-17-19)18-15(20)13(10-16)12-6-4-3-5-7-12/h3-9,11,13H,10,16H2,1-2H3,(H,18,20). The van der Waals surface area contributed by atoms with E-state index in [9.17, 15) is 4.79 Å². The Hall–Kier alpha value is -2.14. The van der Waals surface area contributed by atoms with Crippen LogP contribution in [0.25, 0.3) is 0 Å². The second-order valence-electron chi connectivity index (χ2n) is 4.94. The van der Waals surface area contributed by atoms with Gasteiger partial charge in [0, 0.05) is 18.7 Å². The summed E-state index contributed by atoms with van der Waals surface area (Å²) in [4.78, 5) is 12.4. The van der Waals surface area contributed by atoms with Gasteiger partial charge >= 0.3 is 0 Å². The summed E-state index contributed by atoms with van der Waals surface area (Å²) in [6.07, 6.45) is 1.68. The summed E-state index contributed by atoms with van der Waals surface area (Å²) in [5, 5.41) is 7.10. The van der Waals surface area contributed by atoms with Crippen LogP contribution in [0.5, 0.6) is 0 Å². The fourth-order valence-electron chi connectivity index (χ4n) is 2.12. The number of carbonyl (C=O) groups is 1. The predicted molar refractivity (Wildman–Crippen MR) is 79.5 cm³/mol. The van der Waals surface area contributed by atoms with E-state index in [-0.39, 0.29) is 24.4 Å². The molecular formula is C15H20N4O. The molecule has 0 aliphatic heterocycles. The van der Waals surface area contributed by atoms with E-state index >= 15 is 0 Å². The maximum Gasteiger partial charge on any atom is 0.234 e. The van der Waals surface area contributed by atoms with Crippen molar-refractivity contribution in [3.63, 3.8) is 0 Å². The Bertz CT molecular complexity index is 562. The number of aromatic nitrogens is 2. The first-order valence-electron chi connectivity index (χ1n) is 6.73. The van der Waals surface area contributed by atoms with Crippen LogP contribution < -0.4 is 11.1 Å². The van der Waals surface area contributed by atoms with Crippen molar-refractivity contribution in [3.8, 4) is 0 Å². The SMILES string of the molecule is CC(C)n1nccc1NC(=O)C(CN)c1ccccc1. The Morgan fingerprint density at radius 1 is 1.30 bits per heavy atom. The fraction of sp³-hybridized carbons (Fsp3) is 0.333. The van der Waals surface area contributed by atoms with Gasteiger partial charge in [-0.05, 0) is 19.4 Å². The van der Waals surface area contributed by atoms with Crippen molar-refractivity contribution in [1.82, 2.24) is 9.78 Å². The molecule has 5 heteroatoms. The van der Waals surface area contributed by atoms with Crippen LogP contribution in [0.4, 0.5) is 5.82 Å².